The number of fused-ring (bicyclic) bond motifs is 7. The van der Waals surface area contributed by atoms with Crippen LogP contribution in [0.3, 0.4) is 0 Å². The minimum Gasteiger partial charge on any atom is -0.394 e. The molecule has 4 aliphatic carbocycles. The molecule has 400 valence electrons. The number of allylic oxidation sites excluding steroid dienone is 1. The molecule has 10 rings (SSSR count). The predicted molar refractivity (Wildman–Crippen MR) is 241 cm³/mol. The zero-order valence-electron chi connectivity index (χ0n) is 41.3. The molecule has 10 aliphatic rings. The van der Waals surface area contributed by atoms with Gasteiger partial charge in [0.2, 0.25) is 0 Å². The number of hydrogen-bond acceptors (Lipinski definition) is 20. The summed E-state index contributed by atoms with van der Waals surface area (Å²) in [6, 6.07) is 0. The second-order valence-corrected chi connectivity index (χ2v) is 23.6. The van der Waals surface area contributed by atoms with Gasteiger partial charge < -0.3 is 93.7 Å². The highest BCUT2D eigenvalue weighted by Crippen LogP contribution is 2.70. The van der Waals surface area contributed by atoms with E-state index in [1.54, 1.807) is 0 Å². The van der Waals surface area contributed by atoms with Crippen LogP contribution >= 0.6 is 0 Å². The van der Waals surface area contributed by atoms with Crippen LogP contribution < -0.4 is 5.32 Å². The van der Waals surface area contributed by atoms with E-state index in [-0.39, 0.29) is 22.7 Å². The van der Waals surface area contributed by atoms with Crippen LogP contribution in [0, 0.1) is 46.3 Å². The maximum absolute atomic E-state index is 11.3. The van der Waals surface area contributed by atoms with Gasteiger partial charge in [0.15, 0.2) is 25.2 Å². The van der Waals surface area contributed by atoms with Gasteiger partial charge in [-0.25, -0.2) is 0 Å². The van der Waals surface area contributed by atoms with Gasteiger partial charge in [-0.3, -0.25) is 5.32 Å². The Morgan fingerprint density at radius 3 is 1.94 bits per heavy atom. The van der Waals surface area contributed by atoms with Gasteiger partial charge in [0.1, 0.15) is 85.1 Å². The number of nitrogens with one attached hydrogen (secondary N) is 1. The zero-order chi connectivity index (χ0) is 49.9. The molecule has 6 saturated heterocycles. The highest BCUT2D eigenvalue weighted by Gasteiger charge is 2.68. The largest absolute Gasteiger partial charge is 0.394 e. The molecule has 6 aliphatic heterocycles. The lowest BCUT2D eigenvalue weighted by Gasteiger charge is -2.59. The quantitative estimate of drug-likeness (QED) is 0.127. The molecule has 20 nitrogen and oxygen atoms in total. The van der Waals surface area contributed by atoms with Crippen molar-refractivity contribution in [2.24, 2.45) is 46.3 Å². The fourth-order valence-electron chi connectivity index (χ4n) is 15.3. The molecule has 0 aromatic rings. The number of rotatable bonds is 9. The molecule has 0 radical (unpaired) electrons. The summed E-state index contributed by atoms with van der Waals surface area (Å²) in [5.41, 5.74) is 1.19. The van der Waals surface area contributed by atoms with Crippen LogP contribution in [0.2, 0.25) is 0 Å². The summed E-state index contributed by atoms with van der Waals surface area (Å²) < 4.78 is 57.2. The lowest BCUT2D eigenvalue weighted by Crippen LogP contribution is -2.68. The van der Waals surface area contributed by atoms with Crippen molar-refractivity contribution in [3.63, 3.8) is 0 Å². The van der Waals surface area contributed by atoms with Crippen LogP contribution in [0.15, 0.2) is 11.6 Å². The summed E-state index contributed by atoms with van der Waals surface area (Å²) in [6.07, 6.45) is -18.7. The van der Waals surface area contributed by atoms with E-state index in [9.17, 15) is 51.1 Å². The van der Waals surface area contributed by atoms with Crippen molar-refractivity contribution in [3.05, 3.63) is 11.6 Å². The van der Waals surface area contributed by atoms with Crippen molar-refractivity contribution in [2.45, 2.75) is 234 Å². The molecular formula is C50H81NO19. The Kier molecular flexibility index (Phi) is 14.8. The Bertz CT molecular complexity index is 1860. The summed E-state index contributed by atoms with van der Waals surface area (Å²) in [4.78, 5) is 0. The summed E-state index contributed by atoms with van der Waals surface area (Å²) in [5, 5.41) is 112. The molecule has 30 atom stereocenters. The zero-order valence-corrected chi connectivity index (χ0v) is 41.3. The maximum atomic E-state index is 11.3. The first-order chi connectivity index (χ1) is 33.2. The van der Waals surface area contributed by atoms with Crippen molar-refractivity contribution < 1.29 is 93.7 Å². The van der Waals surface area contributed by atoms with Gasteiger partial charge in [0, 0.05) is 12.5 Å². The SMILES string of the molecule is C[C@@H]1CC[C@]2(NC1)O[C@@H]1C[C@H]3[C@@H]4CC=C5C[C@@H](O[C@H]6O[C@@H](CO)[C@@H](O[C@@H]7O[C@@H](C)[C@@H](O)[C@H](O)[C@@H]7O)[C@H](O[C@H]7OC[C@@H](O)[C@@H](O)[C@@H]7O)[C@H]6O[C@H]6O[C@H](C)[C@H](O)[C@@H](O)[C@@H]6O)CC[C@]5(C)[C@@H]4CC[C@@]3(C)[C@@H]1[C@H]2C. The van der Waals surface area contributed by atoms with Crippen molar-refractivity contribution >= 4 is 0 Å². The molecule has 9 fully saturated rings. The van der Waals surface area contributed by atoms with Gasteiger partial charge in [0.05, 0.1) is 37.6 Å². The van der Waals surface area contributed by atoms with E-state index in [4.69, 9.17) is 42.6 Å². The molecule has 0 unspecified atom stereocenters. The van der Waals surface area contributed by atoms with Crippen LogP contribution in [-0.2, 0) is 42.6 Å². The average molecular weight is 1000 g/mol. The smallest absolute Gasteiger partial charge is 0.187 e. The monoisotopic (exact) mass is 1000 g/mol. The normalized spacial score (nSPS) is 58.0. The second kappa shape index (κ2) is 19.8. The standard InChI is InChI=1S/C50H81NO19/c1-20-9-14-50(51-17-20)21(2)32-30(70-50)16-28-26-8-7-24-15-25(10-12-48(24,5)27(26)11-13-49(28,32)6)65-47-43(69-46-40(61)37(58)34(55)23(4)64-46)42(68-44-38(59)35(56)29(53)19-62-44)41(31(18-52)66-47)67-45-39(60)36(57)33(54)22(3)63-45/h7,20-23,25-47,51-61H,8-19H2,1-6H3/t20-,21-,22+,23-,25+,26-,27-,28+,29-,30-,31+,32-,33-,34+,35-,36+,37-,38+,39+,40+,41-,42+,43-,44-,45+,46-,47+,48+,49-,50+/m1/s1. The van der Waals surface area contributed by atoms with Gasteiger partial charge in [-0.2, -0.15) is 0 Å². The minimum absolute atomic E-state index is 0.0821. The van der Waals surface area contributed by atoms with E-state index in [1.807, 2.05) is 0 Å². The molecule has 3 saturated carbocycles. The number of ether oxygens (including phenoxy) is 9. The first-order valence-electron chi connectivity index (χ1n) is 26.2. The van der Waals surface area contributed by atoms with Gasteiger partial charge in [-0.05, 0) is 112 Å². The van der Waals surface area contributed by atoms with E-state index < -0.39 is 136 Å². The van der Waals surface area contributed by atoms with Gasteiger partial charge in [0.25, 0.3) is 0 Å². The summed E-state index contributed by atoms with van der Waals surface area (Å²) in [6.45, 7) is 12.5. The molecule has 0 amide bonds. The lowest BCUT2D eigenvalue weighted by molar-refractivity contribution is -0.407. The highest BCUT2D eigenvalue weighted by molar-refractivity contribution is 5.27. The van der Waals surface area contributed by atoms with Crippen molar-refractivity contribution in [1.29, 1.82) is 0 Å². The molecule has 6 heterocycles. The Hall–Kier alpha value is -1.06. The number of piperidine rings is 1. The average Bonchev–Trinajstić information content (AvgIpc) is 3.79. The highest BCUT2D eigenvalue weighted by atomic mass is 16.8. The topological polar surface area (TPSA) is 297 Å². The summed E-state index contributed by atoms with van der Waals surface area (Å²) >= 11 is 0. The number of aliphatic hydroxyl groups excluding tert-OH is 10. The Morgan fingerprint density at radius 1 is 0.657 bits per heavy atom. The molecule has 70 heavy (non-hydrogen) atoms. The van der Waals surface area contributed by atoms with Gasteiger partial charge >= 0.3 is 0 Å². The third-order valence-electron chi connectivity index (χ3n) is 19.6. The fraction of sp³-hybridized carbons (Fsp3) is 0.960. The molecule has 0 aromatic carbocycles. The van der Waals surface area contributed by atoms with Crippen molar-refractivity contribution in [3.8, 4) is 0 Å². The van der Waals surface area contributed by atoms with Crippen molar-refractivity contribution in [2.75, 3.05) is 19.8 Å². The summed E-state index contributed by atoms with van der Waals surface area (Å²) in [5.74, 6) is 3.16. The molecule has 0 bridgehead atoms. The van der Waals surface area contributed by atoms with Crippen LogP contribution in [0.4, 0.5) is 0 Å². The van der Waals surface area contributed by atoms with E-state index in [0.29, 0.717) is 48.3 Å². The van der Waals surface area contributed by atoms with E-state index >= 15 is 0 Å². The maximum Gasteiger partial charge on any atom is 0.187 e. The third kappa shape index (κ3) is 8.79. The van der Waals surface area contributed by atoms with Crippen molar-refractivity contribution in [1.82, 2.24) is 5.32 Å². The minimum atomic E-state index is -1.83. The van der Waals surface area contributed by atoms with Crippen LogP contribution in [0.5, 0.6) is 0 Å². The van der Waals surface area contributed by atoms with Crippen LogP contribution in [-0.4, -0.2) is 205 Å². The van der Waals surface area contributed by atoms with E-state index in [0.717, 1.165) is 45.1 Å². The molecule has 1 spiro atoms. The first kappa shape index (κ1) is 52.4. The third-order valence-corrected chi connectivity index (χ3v) is 19.6. The van der Waals surface area contributed by atoms with Crippen LogP contribution in [0.1, 0.15) is 99.3 Å². The first-order valence-corrected chi connectivity index (χ1v) is 26.2. The molecule has 0 aromatic heterocycles. The van der Waals surface area contributed by atoms with Gasteiger partial charge in [-0.1, -0.05) is 39.3 Å². The summed E-state index contributed by atoms with van der Waals surface area (Å²) in [7, 11) is 0. The predicted octanol–water partition coefficient (Wildman–Crippen LogP) is -0.722. The van der Waals surface area contributed by atoms with E-state index in [2.05, 4.69) is 39.1 Å². The van der Waals surface area contributed by atoms with Crippen LogP contribution in [0.25, 0.3) is 0 Å². The second-order valence-electron chi connectivity index (χ2n) is 23.6. The van der Waals surface area contributed by atoms with Gasteiger partial charge in [-0.15, -0.1) is 0 Å². The number of hydrogen-bond donors (Lipinski definition) is 11. The number of aliphatic hydroxyl groups is 10. The van der Waals surface area contributed by atoms with E-state index in [1.165, 1.54) is 25.8 Å². The Morgan fingerprint density at radius 2 is 1.30 bits per heavy atom. The lowest BCUT2D eigenvalue weighted by atomic mass is 9.47. The molecule has 20 heteroatoms. The molecule has 11 N–H and O–H groups in total. The Balaban J connectivity index is 0.920. The fourth-order valence-corrected chi connectivity index (χ4v) is 15.3. The Labute approximate surface area is 409 Å². The molecular weight excluding hydrogens is 919 g/mol.